The Balaban J connectivity index is 1.15. The first-order valence-corrected chi connectivity index (χ1v) is 11.8. The number of alkyl carbamates (subject to hydrolysis) is 1. The molecule has 0 radical (unpaired) electrons. The highest BCUT2D eigenvalue weighted by Crippen LogP contribution is 2.28. The number of carbonyl (C=O) groups is 4. The summed E-state index contributed by atoms with van der Waals surface area (Å²) in [5.41, 5.74) is 4.07. The van der Waals surface area contributed by atoms with Gasteiger partial charge < -0.3 is 15.0 Å². The van der Waals surface area contributed by atoms with Gasteiger partial charge in [0.25, 0.3) is 5.91 Å². The van der Waals surface area contributed by atoms with Crippen molar-refractivity contribution in [2.45, 2.75) is 38.6 Å². The Kier molecular flexibility index (Phi) is 6.63. The van der Waals surface area contributed by atoms with Crippen LogP contribution in [0, 0.1) is 5.82 Å². The normalized spacial score (nSPS) is 16.8. The summed E-state index contributed by atoms with van der Waals surface area (Å²) in [6.45, 7) is 0.461. The summed E-state index contributed by atoms with van der Waals surface area (Å²) in [4.78, 5) is 54.6. The maximum atomic E-state index is 13.2. The maximum Gasteiger partial charge on any atom is 0.407 e. The second-order valence-corrected chi connectivity index (χ2v) is 8.88. The fourth-order valence-corrected chi connectivity index (χ4v) is 4.43. The van der Waals surface area contributed by atoms with E-state index in [1.54, 1.807) is 48.7 Å². The zero-order valence-corrected chi connectivity index (χ0v) is 19.7. The number of aromatic nitrogens is 1. The molecule has 1 aromatic heterocycles. The van der Waals surface area contributed by atoms with Gasteiger partial charge in [0.1, 0.15) is 18.5 Å². The molecule has 1 atom stereocenters. The van der Waals surface area contributed by atoms with Crippen molar-refractivity contribution >= 4 is 23.8 Å². The summed E-state index contributed by atoms with van der Waals surface area (Å²) in [6, 6.07) is 14.1. The molecule has 2 aliphatic heterocycles. The van der Waals surface area contributed by atoms with E-state index in [2.05, 4.69) is 15.6 Å². The summed E-state index contributed by atoms with van der Waals surface area (Å²) in [6.07, 6.45) is 1.46. The third-order valence-corrected chi connectivity index (χ3v) is 6.36. The summed E-state index contributed by atoms with van der Waals surface area (Å²) < 4.78 is 18.5. The number of pyridine rings is 1. The SMILES string of the molecule is O=C1CCC(N2Cc3ccc(CNC(=O)OCc4ccnc(-c5ccc(F)cc5)c4)cc3C2=O)C(=O)N1. The minimum atomic E-state index is -0.675. The topological polar surface area (TPSA) is 118 Å². The van der Waals surface area contributed by atoms with Crippen molar-refractivity contribution in [3.05, 3.63) is 88.9 Å². The van der Waals surface area contributed by atoms with E-state index in [-0.39, 0.29) is 37.2 Å². The average Bonchev–Trinajstić information content (AvgIpc) is 3.22. The molecule has 3 aromatic rings. The fourth-order valence-electron chi connectivity index (χ4n) is 4.43. The number of halogens is 1. The molecule has 4 amide bonds. The van der Waals surface area contributed by atoms with Gasteiger partial charge in [0.05, 0.1) is 5.69 Å². The Hall–Kier alpha value is -4.60. The van der Waals surface area contributed by atoms with Gasteiger partial charge >= 0.3 is 6.09 Å². The number of imide groups is 1. The van der Waals surface area contributed by atoms with E-state index in [0.29, 0.717) is 29.8 Å². The van der Waals surface area contributed by atoms with Crippen LogP contribution in [-0.4, -0.2) is 39.7 Å². The quantitative estimate of drug-likeness (QED) is 0.501. The smallest absolute Gasteiger partial charge is 0.407 e. The van der Waals surface area contributed by atoms with Crippen LogP contribution in [0.15, 0.2) is 60.8 Å². The zero-order chi connectivity index (χ0) is 25.9. The van der Waals surface area contributed by atoms with Crippen LogP contribution in [0.2, 0.25) is 0 Å². The molecular weight excluding hydrogens is 479 g/mol. The monoisotopic (exact) mass is 502 g/mol. The van der Waals surface area contributed by atoms with Gasteiger partial charge in [-0.3, -0.25) is 24.7 Å². The van der Waals surface area contributed by atoms with Crippen LogP contribution in [-0.2, 0) is 34.0 Å². The van der Waals surface area contributed by atoms with E-state index in [4.69, 9.17) is 4.74 Å². The lowest BCUT2D eigenvalue weighted by molar-refractivity contribution is -0.136. The van der Waals surface area contributed by atoms with Gasteiger partial charge in [-0.05, 0) is 65.6 Å². The molecule has 2 aliphatic rings. The minimum Gasteiger partial charge on any atom is -0.445 e. The highest BCUT2D eigenvalue weighted by Gasteiger charge is 2.39. The van der Waals surface area contributed by atoms with Crippen molar-refractivity contribution in [2.24, 2.45) is 0 Å². The second kappa shape index (κ2) is 10.2. The fraction of sp³-hybridized carbons (Fsp3) is 0.222. The standard InChI is InChI=1S/C27H23FN4O5/c28-20-5-3-18(4-6-20)22-12-17(9-10-29-22)15-37-27(36)30-13-16-1-2-19-14-32(26(35)21(19)11-16)23-7-8-24(33)31-25(23)34/h1-6,9-12,23H,7-8,13-15H2,(H,30,36)(H,31,33,34). The predicted molar refractivity (Wildman–Crippen MR) is 129 cm³/mol. The number of hydrogen-bond acceptors (Lipinski definition) is 6. The molecule has 2 aromatic carbocycles. The van der Waals surface area contributed by atoms with Gasteiger partial charge in [-0.2, -0.15) is 0 Å². The van der Waals surface area contributed by atoms with E-state index in [1.807, 2.05) is 0 Å². The van der Waals surface area contributed by atoms with Gasteiger partial charge in [0.2, 0.25) is 11.8 Å². The maximum absolute atomic E-state index is 13.2. The molecule has 1 saturated heterocycles. The summed E-state index contributed by atoms with van der Waals surface area (Å²) in [5, 5.41) is 4.95. The third kappa shape index (κ3) is 5.32. The number of nitrogens with zero attached hydrogens (tertiary/aromatic N) is 2. The van der Waals surface area contributed by atoms with Crippen molar-refractivity contribution in [3.8, 4) is 11.3 Å². The zero-order valence-electron chi connectivity index (χ0n) is 19.7. The van der Waals surface area contributed by atoms with Gasteiger partial charge in [0.15, 0.2) is 0 Å². The molecule has 2 N–H and O–H groups in total. The molecule has 10 heteroatoms. The molecular formula is C27H23FN4O5. The van der Waals surface area contributed by atoms with Crippen LogP contribution in [0.1, 0.15) is 39.9 Å². The molecule has 5 rings (SSSR count). The molecule has 1 unspecified atom stereocenters. The molecule has 0 saturated carbocycles. The molecule has 0 bridgehead atoms. The highest BCUT2D eigenvalue weighted by atomic mass is 19.1. The lowest BCUT2D eigenvalue weighted by atomic mass is 10.0. The average molecular weight is 503 g/mol. The van der Waals surface area contributed by atoms with E-state index in [9.17, 15) is 23.6 Å². The number of carbonyl (C=O) groups excluding carboxylic acids is 4. The Morgan fingerprint density at radius 1 is 1.08 bits per heavy atom. The van der Waals surface area contributed by atoms with E-state index < -0.39 is 18.0 Å². The minimum absolute atomic E-state index is 0.0200. The third-order valence-electron chi connectivity index (χ3n) is 6.36. The molecule has 37 heavy (non-hydrogen) atoms. The number of nitrogens with one attached hydrogen (secondary N) is 2. The van der Waals surface area contributed by atoms with Crippen molar-refractivity contribution in [2.75, 3.05) is 0 Å². The van der Waals surface area contributed by atoms with Crippen molar-refractivity contribution < 1.29 is 28.3 Å². The van der Waals surface area contributed by atoms with Crippen molar-refractivity contribution in [1.82, 2.24) is 20.5 Å². The summed E-state index contributed by atoms with van der Waals surface area (Å²) in [7, 11) is 0. The van der Waals surface area contributed by atoms with E-state index in [0.717, 1.165) is 16.7 Å². The lowest BCUT2D eigenvalue weighted by Crippen LogP contribution is -2.52. The van der Waals surface area contributed by atoms with Crippen molar-refractivity contribution in [1.29, 1.82) is 0 Å². The largest absolute Gasteiger partial charge is 0.445 e. The Morgan fingerprint density at radius 3 is 2.68 bits per heavy atom. The summed E-state index contributed by atoms with van der Waals surface area (Å²) in [5.74, 6) is -1.40. The van der Waals surface area contributed by atoms with Crippen LogP contribution in [0.4, 0.5) is 9.18 Å². The van der Waals surface area contributed by atoms with Crippen LogP contribution in [0.3, 0.4) is 0 Å². The number of ether oxygens (including phenoxy) is 1. The van der Waals surface area contributed by atoms with Crippen molar-refractivity contribution in [3.63, 3.8) is 0 Å². The number of rotatable bonds is 6. The predicted octanol–water partition coefficient (Wildman–Crippen LogP) is 3.08. The number of fused-ring (bicyclic) bond motifs is 1. The molecule has 188 valence electrons. The van der Waals surface area contributed by atoms with Crippen LogP contribution in [0.5, 0.6) is 0 Å². The second-order valence-electron chi connectivity index (χ2n) is 8.88. The Bertz CT molecular complexity index is 1390. The van der Waals surface area contributed by atoms with Crippen LogP contribution >= 0.6 is 0 Å². The Morgan fingerprint density at radius 2 is 1.89 bits per heavy atom. The van der Waals surface area contributed by atoms with Gasteiger partial charge in [-0.25, -0.2) is 9.18 Å². The molecule has 0 aliphatic carbocycles. The van der Waals surface area contributed by atoms with E-state index in [1.165, 1.54) is 17.0 Å². The number of amides is 4. The number of benzene rings is 2. The lowest BCUT2D eigenvalue weighted by Gasteiger charge is -2.29. The molecule has 1 fully saturated rings. The van der Waals surface area contributed by atoms with Crippen LogP contribution < -0.4 is 10.6 Å². The summed E-state index contributed by atoms with van der Waals surface area (Å²) >= 11 is 0. The molecule has 0 spiro atoms. The van der Waals surface area contributed by atoms with Gasteiger partial charge in [-0.15, -0.1) is 0 Å². The number of piperidine rings is 1. The molecule has 3 heterocycles. The van der Waals surface area contributed by atoms with Gasteiger partial charge in [0, 0.05) is 36.8 Å². The highest BCUT2D eigenvalue weighted by molar-refractivity contribution is 6.05. The number of hydrogen-bond donors (Lipinski definition) is 2. The van der Waals surface area contributed by atoms with Crippen LogP contribution in [0.25, 0.3) is 11.3 Å². The Labute approximate surface area is 211 Å². The first-order valence-electron chi connectivity index (χ1n) is 11.8. The van der Waals surface area contributed by atoms with Gasteiger partial charge in [-0.1, -0.05) is 12.1 Å². The first kappa shape index (κ1) is 24.1. The molecule has 9 nitrogen and oxygen atoms in total. The first-order chi connectivity index (χ1) is 17.9. The van der Waals surface area contributed by atoms with E-state index >= 15 is 0 Å².